The number of carbonyl (C=O) groups excluding carboxylic acids is 2. The SMILES string of the molecule is Cc1c(C(=O)NCC2C(=O)NC(C)CC2C)cc(C2CNN(CCN3CCOCC3)C2)cc1N(C)C1CCNCC1. The normalized spacial score (nSPS) is 28.4. The lowest BCUT2D eigenvalue weighted by atomic mass is 9.84. The first-order valence-electron chi connectivity index (χ1n) is 15.8. The van der Waals surface area contributed by atoms with Gasteiger partial charge in [0.05, 0.1) is 19.1 Å². The van der Waals surface area contributed by atoms with Crippen LogP contribution in [0.2, 0.25) is 0 Å². The molecule has 4 aliphatic rings. The number of morpholine rings is 1. The minimum absolute atomic E-state index is 0.0440. The van der Waals surface area contributed by atoms with Crippen molar-refractivity contribution in [3.8, 4) is 0 Å². The van der Waals surface area contributed by atoms with Gasteiger partial charge in [0.2, 0.25) is 5.91 Å². The molecule has 0 aromatic heterocycles. The molecule has 10 heteroatoms. The van der Waals surface area contributed by atoms with E-state index in [1.165, 1.54) is 5.56 Å². The molecule has 1 aromatic rings. The van der Waals surface area contributed by atoms with Gasteiger partial charge in [-0.1, -0.05) is 6.92 Å². The van der Waals surface area contributed by atoms with Gasteiger partial charge in [-0.15, -0.1) is 0 Å². The maximum atomic E-state index is 13.7. The molecule has 0 aliphatic carbocycles. The molecule has 10 nitrogen and oxygen atoms in total. The number of nitrogens with one attached hydrogen (secondary N) is 4. The number of ether oxygens (including phenoxy) is 1. The van der Waals surface area contributed by atoms with Crippen LogP contribution < -0.4 is 26.3 Å². The molecule has 0 bridgehead atoms. The molecule has 0 saturated carbocycles. The van der Waals surface area contributed by atoms with Crippen LogP contribution in [0.25, 0.3) is 0 Å². The molecule has 4 aliphatic heterocycles. The van der Waals surface area contributed by atoms with E-state index < -0.39 is 0 Å². The molecule has 41 heavy (non-hydrogen) atoms. The fourth-order valence-electron chi connectivity index (χ4n) is 7.05. The van der Waals surface area contributed by atoms with Crippen molar-refractivity contribution in [2.75, 3.05) is 84.1 Å². The van der Waals surface area contributed by atoms with Gasteiger partial charge < -0.3 is 25.6 Å². The highest BCUT2D eigenvalue weighted by Gasteiger charge is 2.33. The van der Waals surface area contributed by atoms with Gasteiger partial charge in [0.25, 0.3) is 5.91 Å². The second-order valence-corrected chi connectivity index (χ2v) is 12.7. The number of carbonyl (C=O) groups is 2. The lowest BCUT2D eigenvalue weighted by Gasteiger charge is -2.35. The van der Waals surface area contributed by atoms with Crippen molar-refractivity contribution in [2.24, 2.45) is 11.8 Å². The van der Waals surface area contributed by atoms with Crippen LogP contribution in [0.1, 0.15) is 60.5 Å². The van der Waals surface area contributed by atoms with Crippen LogP contribution in [0.4, 0.5) is 5.69 Å². The molecule has 4 N–H and O–H groups in total. The molecule has 5 rings (SSSR count). The summed E-state index contributed by atoms with van der Waals surface area (Å²) in [6.07, 6.45) is 3.12. The Morgan fingerprint density at radius 1 is 1.15 bits per heavy atom. The number of piperidine rings is 2. The van der Waals surface area contributed by atoms with Crippen molar-refractivity contribution in [3.63, 3.8) is 0 Å². The molecule has 4 fully saturated rings. The van der Waals surface area contributed by atoms with Crippen LogP contribution >= 0.6 is 0 Å². The molecule has 4 heterocycles. The highest BCUT2D eigenvalue weighted by molar-refractivity contribution is 5.97. The number of amides is 2. The quantitative estimate of drug-likeness (QED) is 0.353. The first kappa shape index (κ1) is 30.2. The Labute approximate surface area is 245 Å². The first-order chi connectivity index (χ1) is 19.8. The van der Waals surface area contributed by atoms with E-state index in [2.05, 4.69) is 69.2 Å². The Morgan fingerprint density at radius 2 is 1.90 bits per heavy atom. The predicted octanol–water partition coefficient (Wildman–Crippen LogP) is 1.31. The number of hydrogen-bond donors (Lipinski definition) is 4. The fourth-order valence-corrected chi connectivity index (χ4v) is 7.05. The van der Waals surface area contributed by atoms with Gasteiger partial charge in [-0.05, 0) is 75.4 Å². The maximum absolute atomic E-state index is 13.7. The summed E-state index contributed by atoms with van der Waals surface area (Å²) >= 11 is 0. The van der Waals surface area contributed by atoms with Crippen molar-refractivity contribution in [2.45, 2.75) is 58.0 Å². The van der Waals surface area contributed by atoms with E-state index in [0.29, 0.717) is 18.5 Å². The third-order valence-electron chi connectivity index (χ3n) is 9.77. The molecule has 2 amide bonds. The molecule has 4 atom stereocenters. The molecule has 1 aromatic carbocycles. The topological polar surface area (TPSA) is 101 Å². The fraction of sp³-hybridized carbons (Fsp3) is 0.742. The number of rotatable bonds is 9. The number of nitrogens with zero attached hydrogens (tertiary/aromatic N) is 3. The molecule has 4 saturated heterocycles. The Kier molecular flexibility index (Phi) is 10.2. The smallest absolute Gasteiger partial charge is 0.251 e. The van der Waals surface area contributed by atoms with Crippen LogP contribution in [0.15, 0.2) is 12.1 Å². The molecular formula is C31H51N7O3. The molecule has 0 spiro atoms. The van der Waals surface area contributed by atoms with Crippen molar-refractivity contribution in [1.82, 2.24) is 31.3 Å². The zero-order valence-electron chi connectivity index (χ0n) is 25.5. The molecular weight excluding hydrogens is 518 g/mol. The van der Waals surface area contributed by atoms with E-state index in [-0.39, 0.29) is 29.7 Å². The van der Waals surface area contributed by atoms with Crippen molar-refractivity contribution < 1.29 is 14.3 Å². The van der Waals surface area contributed by atoms with Gasteiger partial charge in [-0.2, -0.15) is 0 Å². The number of anilines is 1. The van der Waals surface area contributed by atoms with Crippen LogP contribution in [-0.2, 0) is 9.53 Å². The zero-order chi connectivity index (χ0) is 28.9. The lowest BCUT2D eigenvalue weighted by Crippen LogP contribution is -2.50. The Hall–Kier alpha value is -2.24. The summed E-state index contributed by atoms with van der Waals surface area (Å²) in [6, 6.07) is 5.06. The van der Waals surface area contributed by atoms with E-state index in [1.807, 2.05) is 6.92 Å². The van der Waals surface area contributed by atoms with Crippen molar-refractivity contribution >= 4 is 17.5 Å². The van der Waals surface area contributed by atoms with Gasteiger partial charge in [0.15, 0.2) is 0 Å². The number of hydrogen-bond acceptors (Lipinski definition) is 8. The van der Waals surface area contributed by atoms with E-state index >= 15 is 0 Å². The average Bonchev–Trinajstić information content (AvgIpc) is 3.45. The summed E-state index contributed by atoms with van der Waals surface area (Å²) < 4.78 is 5.50. The summed E-state index contributed by atoms with van der Waals surface area (Å²) in [5.41, 5.74) is 7.69. The number of benzene rings is 1. The summed E-state index contributed by atoms with van der Waals surface area (Å²) in [5, 5.41) is 12.0. The summed E-state index contributed by atoms with van der Waals surface area (Å²) in [5.74, 6) is 0.300. The average molecular weight is 570 g/mol. The lowest BCUT2D eigenvalue weighted by molar-refractivity contribution is -0.129. The second kappa shape index (κ2) is 13.8. The Morgan fingerprint density at radius 3 is 2.63 bits per heavy atom. The minimum Gasteiger partial charge on any atom is -0.379 e. The Balaban J connectivity index is 1.32. The van der Waals surface area contributed by atoms with Gasteiger partial charge >= 0.3 is 0 Å². The van der Waals surface area contributed by atoms with Crippen molar-refractivity contribution in [1.29, 1.82) is 0 Å². The van der Waals surface area contributed by atoms with Gasteiger partial charge in [0, 0.05) is 82.1 Å². The van der Waals surface area contributed by atoms with E-state index in [9.17, 15) is 9.59 Å². The van der Waals surface area contributed by atoms with Crippen LogP contribution in [0.5, 0.6) is 0 Å². The monoisotopic (exact) mass is 569 g/mol. The van der Waals surface area contributed by atoms with E-state index in [1.54, 1.807) is 0 Å². The van der Waals surface area contributed by atoms with E-state index in [4.69, 9.17) is 4.74 Å². The van der Waals surface area contributed by atoms with Gasteiger partial charge in [-0.25, -0.2) is 5.01 Å². The van der Waals surface area contributed by atoms with Gasteiger partial charge in [-0.3, -0.25) is 19.9 Å². The van der Waals surface area contributed by atoms with Gasteiger partial charge in [0.1, 0.15) is 0 Å². The highest BCUT2D eigenvalue weighted by Crippen LogP contribution is 2.33. The first-order valence-corrected chi connectivity index (χ1v) is 15.8. The standard InChI is InChI=1S/C31H51N7O3/c1-21-15-22(2)35-31(40)28(21)19-33-30(39)27-16-24(17-29(23(27)3)36(4)26-5-7-32-8-6-26)25-18-34-38(20-25)10-9-37-11-13-41-14-12-37/h16-17,21-22,25-26,28,32,34H,5-15,18-20H2,1-4H3,(H,33,39)(H,35,40). The number of hydrazine groups is 1. The van der Waals surface area contributed by atoms with Crippen molar-refractivity contribution in [3.05, 3.63) is 28.8 Å². The summed E-state index contributed by atoms with van der Waals surface area (Å²) in [4.78, 5) is 31.3. The minimum atomic E-state index is -0.199. The van der Waals surface area contributed by atoms with Crippen LogP contribution in [0, 0.1) is 18.8 Å². The van der Waals surface area contributed by atoms with Crippen LogP contribution in [0.3, 0.4) is 0 Å². The molecule has 0 radical (unpaired) electrons. The molecule has 4 unspecified atom stereocenters. The zero-order valence-corrected chi connectivity index (χ0v) is 25.5. The molecule has 228 valence electrons. The largest absolute Gasteiger partial charge is 0.379 e. The third kappa shape index (κ3) is 7.40. The summed E-state index contributed by atoms with van der Waals surface area (Å²) in [6.45, 7) is 16.1. The van der Waals surface area contributed by atoms with E-state index in [0.717, 1.165) is 102 Å². The van der Waals surface area contributed by atoms with Crippen LogP contribution in [-0.4, -0.2) is 113 Å². The maximum Gasteiger partial charge on any atom is 0.251 e. The predicted molar refractivity (Wildman–Crippen MR) is 162 cm³/mol. The highest BCUT2D eigenvalue weighted by atomic mass is 16.5. The Bertz CT molecular complexity index is 1060. The third-order valence-corrected chi connectivity index (χ3v) is 9.77. The summed E-state index contributed by atoms with van der Waals surface area (Å²) in [7, 11) is 2.18. The second-order valence-electron chi connectivity index (χ2n) is 12.7.